The Labute approximate surface area is 146 Å². The maximum absolute atomic E-state index is 12.0. The lowest BCUT2D eigenvalue weighted by Crippen LogP contribution is -2.22. The van der Waals surface area contributed by atoms with Crippen LogP contribution in [0.1, 0.15) is 17.5 Å². The van der Waals surface area contributed by atoms with Crippen molar-refractivity contribution >= 4 is 5.91 Å². The van der Waals surface area contributed by atoms with Gasteiger partial charge < -0.3 is 10.4 Å². The first-order valence-corrected chi connectivity index (χ1v) is 8.23. The summed E-state index contributed by atoms with van der Waals surface area (Å²) in [5.74, 6) is 0.251. The van der Waals surface area contributed by atoms with E-state index < -0.39 is 0 Å². The smallest absolute Gasteiger partial charge is 0.220 e. The van der Waals surface area contributed by atoms with Crippen LogP contribution in [0.3, 0.4) is 0 Å². The van der Waals surface area contributed by atoms with E-state index in [1.165, 1.54) is 0 Å². The summed E-state index contributed by atoms with van der Waals surface area (Å²) in [5.41, 5.74) is 4.23. The van der Waals surface area contributed by atoms with Gasteiger partial charge in [-0.2, -0.15) is 5.10 Å². The molecule has 1 amide bonds. The van der Waals surface area contributed by atoms with E-state index in [-0.39, 0.29) is 11.7 Å². The Bertz CT molecular complexity index is 853. The predicted octanol–water partition coefficient (Wildman–Crippen LogP) is 3.04. The van der Waals surface area contributed by atoms with Crippen molar-refractivity contribution in [3.8, 4) is 16.9 Å². The Balaban J connectivity index is 1.52. The standard InChI is InChI=1S/C20H21N3O2/c1-23-14-18(13-22-23)17-4-2-3-16(11-17)12-21-20(25)10-7-15-5-8-19(24)9-6-15/h2-6,8-9,11,13-14,24H,7,10,12H2,1H3,(H,21,25). The van der Waals surface area contributed by atoms with Crippen LogP contribution in [-0.4, -0.2) is 20.8 Å². The largest absolute Gasteiger partial charge is 0.508 e. The highest BCUT2D eigenvalue weighted by atomic mass is 16.3. The molecular weight excluding hydrogens is 314 g/mol. The van der Waals surface area contributed by atoms with Crippen molar-refractivity contribution in [3.05, 3.63) is 72.1 Å². The van der Waals surface area contributed by atoms with E-state index in [0.29, 0.717) is 19.4 Å². The van der Waals surface area contributed by atoms with Crippen LogP contribution in [0.15, 0.2) is 60.9 Å². The fourth-order valence-electron chi connectivity index (χ4n) is 2.64. The van der Waals surface area contributed by atoms with Crippen LogP contribution < -0.4 is 5.32 Å². The Morgan fingerprint density at radius 3 is 2.64 bits per heavy atom. The number of amides is 1. The maximum atomic E-state index is 12.0. The van der Waals surface area contributed by atoms with E-state index in [4.69, 9.17) is 0 Å². The molecule has 0 saturated heterocycles. The molecule has 1 aromatic heterocycles. The van der Waals surface area contributed by atoms with Gasteiger partial charge in [0.1, 0.15) is 5.75 Å². The van der Waals surface area contributed by atoms with Gasteiger partial charge in [0.15, 0.2) is 0 Å². The Morgan fingerprint density at radius 2 is 1.92 bits per heavy atom. The molecule has 0 unspecified atom stereocenters. The van der Waals surface area contributed by atoms with E-state index in [9.17, 15) is 9.90 Å². The summed E-state index contributed by atoms with van der Waals surface area (Å²) < 4.78 is 1.77. The molecule has 3 aromatic rings. The summed E-state index contributed by atoms with van der Waals surface area (Å²) in [6.45, 7) is 0.502. The lowest BCUT2D eigenvalue weighted by atomic mass is 10.1. The summed E-state index contributed by atoms with van der Waals surface area (Å²) in [5, 5.41) is 16.4. The lowest BCUT2D eigenvalue weighted by molar-refractivity contribution is -0.121. The number of aromatic hydroxyl groups is 1. The molecule has 0 atom stereocenters. The fraction of sp³-hybridized carbons (Fsp3) is 0.200. The van der Waals surface area contributed by atoms with Crippen molar-refractivity contribution in [2.24, 2.45) is 7.05 Å². The lowest BCUT2D eigenvalue weighted by Gasteiger charge is -2.07. The Hall–Kier alpha value is -3.08. The molecule has 3 rings (SSSR count). The van der Waals surface area contributed by atoms with Crippen molar-refractivity contribution in [1.82, 2.24) is 15.1 Å². The molecule has 0 fully saturated rings. The minimum absolute atomic E-state index is 0.0138. The van der Waals surface area contributed by atoms with Crippen molar-refractivity contribution in [2.45, 2.75) is 19.4 Å². The molecule has 0 radical (unpaired) electrons. The monoisotopic (exact) mass is 335 g/mol. The molecule has 0 aliphatic heterocycles. The van der Waals surface area contributed by atoms with E-state index in [2.05, 4.69) is 16.5 Å². The second-order valence-electron chi connectivity index (χ2n) is 6.05. The highest BCUT2D eigenvalue weighted by Crippen LogP contribution is 2.19. The van der Waals surface area contributed by atoms with Crippen LogP contribution >= 0.6 is 0 Å². The molecule has 2 aromatic carbocycles. The zero-order chi connectivity index (χ0) is 17.6. The summed E-state index contributed by atoms with van der Waals surface area (Å²) in [6, 6.07) is 15.0. The van der Waals surface area contributed by atoms with E-state index in [0.717, 1.165) is 22.3 Å². The number of benzene rings is 2. The molecule has 5 heteroatoms. The molecule has 5 nitrogen and oxygen atoms in total. The summed E-state index contributed by atoms with van der Waals surface area (Å²) in [4.78, 5) is 12.0. The number of hydrogen-bond acceptors (Lipinski definition) is 3. The van der Waals surface area contributed by atoms with Gasteiger partial charge in [0.25, 0.3) is 0 Å². The topological polar surface area (TPSA) is 67.2 Å². The third-order valence-corrected chi connectivity index (χ3v) is 4.03. The van der Waals surface area contributed by atoms with Gasteiger partial charge in [0, 0.05) is 31.8 Å². The number of aromatic nitrogens is 2. The minimum atomic E-state index is 0.0138. The number of carbonyl (C=O) groups excluding carboxylic acids is 1. The van der Waals surface area contributed by atoms with Crippen LogP contribution in [0.2, 0.25) is 0 Å². The third kappa shape index (κ3) is 4.70. The maximum Gasteiger partial charge on any atom is 0.220 e. The van der Waals surface area contributed by atoms with Crippen LogP contribution in [0.4, 0.5) is 0 Å². The molecule has 25 heavy (non-hydrogen) atoms. The summed E-state index contributed by atoms with van der Waals surface area (Å²) in [6.07, 6.45) is 4.87. The fourth-order valence-corrected chi connectivity index (χ4v) is 2.64. The number of phenolic OH excluding ortho intramolecular Hbond substituents is 1. The van der Waals surface area contributed by atoms with Crippen LogP contribution in [0.5, 0.6) is 5.75 Å². The van der Waals surface area contributed by atoms with Crippen molar-refractivity contribution in [3.63, 3.8) is 0 Å². The molecule has 128 valence electrons. The summed E-state index contributed by atoms with van der Waals surface area (Å²) >= 11 is 0. The zero-order valence-electron chi connectivity index (χ0n) is 14.1. The van der Waals surface area contributed by atoms with Crippen LogP contribution in [-0.2, 0) is 24.8 Å². The second-order valence-corrected chi connectivity index (χ2v) is 6.05. The average molecular weight is 335 g/mol. The van der Waals surface area contributed by atoms with Crippen LogP contribution in [0.25, 0.3) is 11.1 Å². The third-order valence-electron chi connectivity index (χ3n) is 4.03. The number of rotatable bonds is 6. The average Bonchev–Trinajstić information content (AvgIpc) is 3.06. The van der Waals surface area contributed by atoms with Gasteiger partial charge in [-0.25, -0.2) is 0 Å². The number of carbonyl (C=O) groups is 1. The number of nitrogens with one attached hydrogen (secondary N) is 1. The molecule has 0 saturated carbocycles. The van der Waals surface area contributed by atoms with Gasteiger partial charge in [0.2, 0.25) is 5.91 Å². The molecule has 2 N–H and O–H groups in total. The second kappa shape index (κ2) is 7.66. The van der Waals surface area contributed by atoms with Crippen LogP contribution in [0, 0.1) is 0 Å². The highest BCUT2D eigenvalue weighted by Gasteiger charge is 2.05. The SMILES string of the molecule is Cn1cc(-c2cccc(CNC(=O)CCc3ccc(O)cc3)c2)cn1. The molecule has 1 heterocycles. The van der Waals surface area contributed by atoms with Gasteiger partial charge in [0.05, 0.1) is 6.20 Å². The number of nitrogens with zero attached hydrogens (tertiary/aromatic N) is 2. The van der Waals surface area contributed by atoms with E-state index >= 15 is 0 Å². The van der Waals surface area contributed by atoms with Crippen molar-refractivity contribution < 1.29 is 9.90 Å². The molecule has 0 aliphatic rings. The van der Waals surface area contributed by atoms with Crippen molar-refractivity contribution in [2.75, 3.05) is 0 Å². The first-order valence-electron chi connectivity index (χ1n) is 8.23. The first-order chi connectivity index (χ1) is 12.1. The predicted molar refractivity (Wildman–Crippen MR) is 96.9 cm³/mol. The molecule has 0 aliphatic carbocycles. The molecule has 0 bridgehead atoms. The normalized spacial score (nSPS) is 10.6. The van der Waals surface area contributed by atoms with Crippen molar-refractivity contribution in [1.29, 1.82) is 0 Å². The Kier molecular flexibility index (Phi) is 5.14. The Morgan fingerprint density at radius 1 is 1.12 bits per heavy atom. The van der Waals surface area contributed by atoms with Gasteiger partial charge in [-0.15, -0.1) is 0 Å². The van der Waals surface area contributed by atoms with Gasteiger partial charge in [-0.1, -0.05) is 30.3 Å². The van der Waals surface area contributed by atoms with Gasteiger partial charge in [-0.05, 0) is 41.3 Å². The van der Waals surface area contributed by atoms with Gasteiger partial charge in [-0.3, -0.25) is 9.48 Å². The quantitative estimate of drug-likeness (QED) is 0.727. The van der Waals surface area contributed by atoms with E-state index in [1.54, 1.807) is 16.8 Å². The number of phenols is 1. The zero-order valence-corrected chi connectivity index (χ0v) is 14.1. The highest BCUT2D eigenvalue weighted by molar-refractivity contribution is 5.76. The number of aryl methyl sites for hydroxylation is 2. The van der Waals surface area contributed by atoms with Gasteiger partial charge >= 0.3 is 0 Å². The molecular formula is C20H21N3O2. The summed E-state index contributed by atoms with van der Waals surface area (Å²) in [7, 11) is 1.89. The number of hydrogen-bond donors (Lipinski definition) is 2. The molecule has 0 spiro atoms. The van der Waals surface area contributed by atoms with E-state index in [1.807, 2.05) is 49.8 Å². The first kappa shape index (κ1) is 16.8. The minimum Gasteiger partial charge on any atom is -0.508 e.